The van der Waals surface area contributed by atoms with Gasteiger partial charge in [-0.05, 0) is 68.3 Å². The molecule has 0 aromatic heterocycles. The monoisotopic (exact) mass is 274 g/mol. The minimum atomic E-state index is 0.313. The topological polar surface area (TPSA) is 38.5 Å². The molecule has 1 aliphatic carbocycles. The van der Waals surface area contributed by atoms with Crippen molar-refractivity contribution in [3.63, 3.8) is 0 Å². The Morgan fingerprint density at radius 3 is 2.90 bits per heavy atom. The normalized spacial score (nSPS) is 28.1. The van der Waals surface area contributed by atoms with E-state index in [0.29, 0.717) is 18.0 Å². The van der Waals surface area contributed by atoms with Gasteiger partial charge in [-0.2, -0.15) is 0 Å². The van der Waals surface area contributed by atoms with E-state index in [4.69, 9.17) is 10.5 Å². The van der Waals surface area contributed by atoms with Crippen molar-refractivity contribution in [2.75, 3.05) is 20.2 Å². The van der Waals surface area contributed by atoms with Gasteiger partial charge in [-0.25, -0.2) is 0 Å². The summed E-state index contributed by atoms with van der Waals surface area (Å²) in [5.74, 6) is 1.64. The minimum absolute atomic E-state index is 0.313. The molecule has 1 heterocycles. The molecular formula is C17H26N2O. The summed E-state index contributed by atoms with van der Waals surface area (Å²) in [6, 6.07) is 7.47. The van der Waals surface area contributed by atoms with E-state index < -0.39 is 0 Å². The average molecular weight is 274 g/mol. The van der Waals surface area contributed by atoms with E-state index in [0.717, 1.165) is 12.3 Å². The summed E-state index contributed by atoms with van der Waals surface area (Å²) in [4.78, 5) is 2.64. The van der Waals surface area contributed by atoms with Gasteiger partial charge in [-0.3, -0.25) is 4.90 Å². The first-order valence-electron chi connectivity index (χ1n) is 7.85. The second-order valence-corrected chi connectivity index (χ2v) is 6.38. The van der Waals surface area contributed by atoms with Gasteiger partial charge in [0.25, 0.3) is 0 Å². The Hall–Kier alpha value is -1.06. The first-order valence-corrected chi connectivity index (χ1v) is 7.85. The molecule has 3 heteroatoms. The summed E-state index contributed by atoms with van der Waals surface area (Å²) in [5.41, 5.74) is 9.08. The molecule has 1 aliphatic heterocycles. The van der Waals surface area contributed by atoms with Gasteiger partial charge in [0, 0.05) is 18.6 Å². The fraction of sp³-hybridized carbons (Fsp3) is 0.647. The molecule has 3 nitrogen and oxygen atoms in total. The van der Waals surface area contributed by atoms with Crippen molar-refractivity contribution in [1.29, 1.82) is 0 Å². The summed E-state index contributed by atoms with van der Waals surface area (Å²) in [6.45, 7) is 4.48. The number of ether oxygens (including phenoxy) is 1. The first kappa shape index (κ1) is 13.9. The van der Waals surface area contributed by atoms with Crippen LogP contribution in [0.2, 0.25) is 0 Å². The van der Waals surface area contributed by atoms with Gasteiger partial charge in [0.2, 0.25) is 0 Å². The third kappa shape index (κ3) is 2.57. The number of hydrogen-bond donors (Lipinski definition) is 1. The van der Waals surface area contributed by atoms with Gasteiger partial charge >= 0.3 is 0 Å². The van der Waals surface area contributed by atoms with Crippen LogP contribution in [0.15, 0.2) is 18.2 Å². The van der Waals surface area contributed by atoms with Crippen LogP contribution in [-0.4, -0.2) is 31.1 Å². The number of benzene rings is 1. The average Bonchev–Trinajstić information content (AvgIpc) is 2.96. The highest BCUT2D eigenvalue weighted by atomic mass is 16.5. The zero-order valence-corrected chi connectivity index (χ0v) is 12.6. The molecule has 2 aliphatic rings. The predicted octanol–water partition coefficient (Wildman–Crippen LogP) is 2.74. The lowest BCUT2D eigenvalue weighted by molar-refractivity contribution is 0.210. The molecule has 3 atom stereocenters. The van der Waals surface area contributed by atoms with Crippen LogP contribution in [-0.2, 0) is 6.42 Å². The van der Waals surface area contributed by atoms with E-state index in [1.165, 1.54) is 43.4 Å². The molecule has 1 saturated heterocycles. The Kier molecular flexibility index (Phi) is 3.99. The Morgan fingerprint density at radius 2 is 2.20 bits per heavy atom. The number of nitrogens with two attached hydrogens (primary N) is 1. The Labute approximate surface area is 122 Å². The van der Waals surface area contributed by atoms with Crippen molar-refractivity contribution < 1.29 is 4.74 Å². The molecular weight excluding hydrogens is 248 g/mol. The predicted molar refractivity (Wildman–Crippen MR) is 82.0 cm³/mol. The maximum Gasteiger partial charge on any atom is 0.119 e. The molecule has 1 aromatic rings. The quantitative estimate of drug-likeness (QED) is 0.921. The number of aryl methyl sites for hydroxylation is 1. The van der Waals surface area contributed by atoms with Gasteiger partial charge in [0.15, 0.2) is 0 Å². The molecule has 110 valence electrons. The number of hydrogen-bond acceptors (Lipinski definition) is 3. The largest absolute Gasteiger partial charge is 0.497 e. The van der Waals surface area contributed by atoms with Crippen molar-refractivity contribution >= 4 is 0 Å². The third-order valence-electron chi connectivity index (χ3n) is 5.08. The van der Waals surface area contributed by atoms with Crippen molar-refractivity contribution in [3.05, 3.63) is 29.3 Å². The second-order valence-electron chi connectivity index (χ2n) is 6.38. The van der Waals surface area contributed by atoms with E-state index in [9.17, 15) is 0 Å². The Bertz CT molecular complexity index is 472. The van der Waals surface area contributed by atoms with Crippen LogP contribution in [0, 0.1) is 5.92 Å². The summed E-state index contributed by atoms with van der Waals surface area (Å²) in [7, 11) is 1.75. The molecule has 0 amide bonds. The van der Waals surface area contributed by atoms with E-state index in [-0.39, 0.29) is 0 Å². The molecule has 3 unspecified atom stereocenters. The molecule has 0 radical (unpaired) electrons. The van der Waals surface area contributed by atoms with Crippen LogP contribution in [0.1, 0.15) is 43.4 Å². The van der Waals surface area contributed by atoms with Gasteiger partial charge in [0.1, 0.15) is 5.75 Å². The van der Waals surface area contributed by atoms with Crippen molar-refractivity contribution in [2.45, 2.75) is 44.7 Å². The highest BCUT2D eigenvalue weighted by molar-refractivity contribution is 5.39. The van der Waals surface area contributed by atoms with Crippen LogP contribution in [0.3, 0.4) is 0 Å². The lowest BCUT2D eigenvalue weighted by Gasteiger charge is -2.33. The van der Waals surface area contributed by atoms with E-state index in [1.54, 1.807) is 7.11 Å². The minimum Gasteiger partial charge on any atom is -0.497 e. The number of fused-ring (bicyclic) bond motifs is 1. The fourth-order valence-corrected chi connectivity index (χ4v) is 3.79. The number of nitrogens with zero attached hydrogens (tertiary/aromatic N) is 1. The first-order chi connectivity index (χ1) is 9.69. The molecule has 3 rings (SSSR count). The van der Waals surface area contributed by atoms with Gasteiger partial charge in [-0.1, -0.05) is 6.07 Å². The maximum atomic E-state index is 6.08. The van der Waals surface area contributed by atoms with Gasteiger partial charge in [0.05, 0.1) is 7.11 Å². The zero-order chi connectivity index (χ0) is 14.1. The standard InChI is InChI=1S/C17H26N2O/c1-12(18)14-8-9-19(11-14)17-5-3-4-13-6-7-15(20-2)10-16(13)17/h6-7,10,12,14,17H,3-5,8-9,11,18H2,1-2H3. The highest BCUT2D eigenvalue weighted by Gasteiger charge is 2.33. The van der Waals surface area contributed by atoms with Crippen LogP contribution >= 0.6 is 0 Å². The van der Waals surface area contributed by atoms with E-state index >= 15 is 0 Å². The summed E-state index contributed by atoms with van der Waals surface area (Å²) in [5, 5.41) is 0. The lowest BCUT2D eigenvalue weighted by Crippen LogP contribution is -2.33. The Balaban J connectivity index is 1.83. The van der Waals surface area contributed by atoms with Crippen LogP contribution in [0.5, 0.6) is 5.75 Å². The SMILES string of the molecule is COc1ccc2c(c1)C(N1CCC(C(C)N)C1)CCC2. The molecule has 2 N–H and O–H groups in total. The van der Waals surface area contributed by atoms with Gasteiger partial charge in [-0.15, -0.1) is 0 Å². The zero-order valence-electron chi connectivity index (χ0n) is 12.6. The number of methoxy groups -OCH3 is 1. The maximum absolute atomic E-state index is 6.08. The molecule has 0 spiro atoms. The number of likely N-dealkylation sites (tertiary alicyclic amines) is 1. The van der Waals surface area contributed by atoms with Crippen molar-refractivity contribution in [3.8, 4) is 5.75 Å². The second kappa shape index (κ2) is 5.74. The van der Waals surface area contributed by atoms with E-state index in [1.807, 2.05) is 0 Å². The van der Waals surface area contributed by atoms with Crippen LogP contribution < -0.4 is 10.5 Å². The van der Waals surface area contributed by atoms with Crippen LogP contribution in [0.25, 0.3) is 0 Å². The fourth-order valence-electron chi connectivity index (χ4n) is 3.79. The smallest absolute Gasteiger partial charge is 0.119 e. The molecule has 0 saturated carbocycles. The lowest BCUT2D eigenvalue weighted by atomic mass is 9.86. The third-order valence-corrected chi connectivity index (χ3v) is 5.08. The van der Waals surface area contributed by atoms with E-state index in [2.05, 4.69) is 30.0 Å². The van der Waals surface area contributed by atoms with Crippen LogP contribution in [0.4, 0.5) is 0 Å². The molecule has 1 aromatic carbocycles. The Morgan fingerprint density at radius 1 is 1.35 bits per heavy atom. The summed E-state index contributed by atoms with van der Waals surface area (Å²) >= 11 is 0. The van der Waals surface area contributed by atoms with Crippen molar-refractivity contribution in [2.24, 2.45) is 11.7 Å². The number of rotatable bonds is 3. The van der Waals surface area contributed by atoms with Gasteiger partial charge < -0.3 is 10.5 Å². The molecule has 1 fully saturated rings. The summed E-state index contributed by atoms with van der Waals surface area (Å²) in [6.07, 6.45) is 5.02. The van der Waals surface area contributed by atoms with Crippen molar-refractivity contribution in [1.82, 2.24) is 4.90 Å². The molecule has 20 heavy (non-hydrogen) atoms. The summed E-state index contributed by atoms with van der Waals surface area (Å²) < 4.78 is 5.41. The molecule has 0 bridgehead atoms. The highest BCUT2D eigenvalue weighted by Crippen LogP contribution is 2.38.